The van der Waals surface area contributed by atoms with Crippen molar-refractivity contribution in [2.45, 2.75) is 39.9 Å². The van der Waals surface area contributed by atoms with Crippen molar-refractivity contribution < 1.29 is 4.79 Å². The van der Waals surface area contributed by atoms with Crippen molar-refractivity contribution in [3.8, 4) is 0 Å². The fourth-order valence-electron chi connectivity index (χ4n) is 2.33. The highest BCUT2D eigenvalue weighted by Crippen LogP contribution is 2.33. The summed E-state index contributed by atoms with van der Waals surface area (Å²) in [6.07, 6.45) is -0.0829. The fraction of sp³-hybridized carbons (Fsp3) is 0.533. The number of hydrogen-bond donors (Lipinski definition) is 1. The Labute approximate surface area is 119 Å². The molecule has 1 N–H and O–H groups in total. The maximum absolute atomic E-state index is 12.2. The Bertz CT molecular complexity index is 481. The van der Waals surface area contributed by atoms with Crippen molar-refractivity contribution in [2.75, 3.05) is 6.54 Å². The first-order valence-corrected chi connectivity index (χ1v) is 6.98. The van der Waals surface area contributed by atoms with Crippen molar-refractivity contribution in [1.82, 2.24) is 10.2 Å². The lowest BCUT2D eigenvalue weighted by Gasteiger charge is -2.38. The van der Waals surface area contributed by atoms with Crippen LogP contribution in [-0.2, 0) is 4.79 Å². The second kappa shape index (κ2) is 5.14. The molecule has 0 bridgehead atoms. The minimum absolute atomic E-state index is 0.0402. The average Bonchev–Trinajstić information content (AvgIpc) is 2.69. The largest absolute Gasteiger partial charge is 0.319 e. The molecule has 1 aliphatic rings. The molecule has 19 heavy (non-hydrogen) atoms. The molecule has 1 amide bonds. The topological polar surface area (TPSA) is 32.3 Å². The zero-order chi connectivity index (χ0) is 14.2. The molecular weight excluding hydrogens is 260 g/mol. The second-order valence-corrected chi connectivity index (χ2v) is 6.62. The van der Waals surface area contributed by atoms with Gasteiger partial charge in [0.25, 0.3) is 0 Å². The summed E-state index contributed by atoms with van der Waals surface area (Å²) in [5.74, 6) is 0.146. The maximum atomic E-state index is 12.2. The van der Waals surface area contributed by atoms with Crippen LogP contribution < -0.4 is 5.32 Å². The van der Waals surface area contributed by atoms with Crippen molar-refractivity contribution in [3.63, 3.8) is 0 Å². The number of carbonyl (C=O) groups is 1. The molecule has 0 spiro atoms. The molecule has 0 aromatic heterocycles. The normalized spacial score (nSPS) is 21.8. The predicted octanol–water partition coefficient (Wildman–Crippen LogP) is 3.21. The molecule has 3 nitrogen and oxygen atoms in total. The van der Waals surface area contributed by atoms with Crippen LogP contribution in [-0.4, -0.2) is 23.4 Å². The Morgan fingerprint density at radius 1 is 1.42 bits per heavy atom. The molecule has 0 radical (unpaired) electrons. The zero-order valence-electron chi connectivity index (χ0n) is 11.9. The van der Waals surface area contributed by atoms with Gasteiger partial charge >= 0.3 is 0 Å². The van der Waals surface area contributed by atoms with Crippen molar-refractivity contribution in [2.24, 2.45) is 5.41 Å². The molecule has 1 aromatic rings. The molecule has 104 valence electrons. The smallest absolute Gasteiger partial charge is 0.238 e. The number of amides is 1. The molecular formula is C15H21ClN2O. The summed E-state index contributed by atoms with van der Waals surface area (Å²) >= 11 is 6.05. The first-order valence-electron chi connectivity index (χ1n) is 6.60. The van der Waals surface area contributed by atoms with Gasteiger partial charge in [0.2, 0.25) is 5.91 Å². The summed E-state index contributed by atoms with van der Waals surface area (Å²) < 4.78 is 0. The Balaban J connectivity index is 2.32. The van der Waals surface area contributed by atoms with Gasteiger partial charge in [-0.05, 0) is 30.0 Å². The van der Waals surface area contributed by atoms with E-state index in [0.717, 1.165) is 5.56 Å². The van der Waals surface area contributed by atoms with Gasteiger partial charge in [0.1, 0.15) is 6.17 Å². The van der Waals surface area contributed by atoms with Crippen molar-refractivity contribution >= 4 is 17.5 Å². The number of rotatable bonds is 2. The van der Waals surface area contributed by atoms with Gasteiger partial charge in [-0.2, -0.15) is 0 Å². The maximum Gasteiger partial charge on any atom is 0.238 e. The summed E-state index contributed by atoms with van der Waals surface area (Å²) in [5.41, 5.74) is 1.08. The minimum Gasteiger partial charge on any atom is -0.319 e. The zero-order valence-corrected chi connectivity index (χ0v) is 12.7. The van der Waals surface area contributed by atoms with E-state index in [4.69, 9.17) is 11.6 Å². The number of halogens is 1. The monoisotopic (exact) mass is 280 g/mol. The number of nitrogens with zero attached hydrogens (tertiary/aromatic N) is 1. The lowest BCUT2D eigenvalue weighted by Crippen LogP contribution is -2.45. The van der Waals surface area contributed by atoms with E-state index in [9.17, 15) is 4.79 Å². The molecule has 4 heteroatoms. The van der Waals surface area contributed by atoms with Gasteiger partial charge in [0.05, 0.1) is 6.54 Å². The van der Waals surface area contributed by atoms with Crippen LogP contribution in [0, 0.1) is 5.41 Å². The molecule has 1 heterocycles. The molecule has 1 fully saturated rings. The summed E-state index contributed by atoms with van der Waals surface area (Å²) in [6.45, 7) is 8.94. The van der Waals surface area contributed by atoms with Crippen LogP contribution in [0.1, 0.15) is 39.4 Å². The Morgan fingerprint density at radius 3 is 2.68 bits per heavy atom. The van der Waals surface area contributed by atoms with Crippen LogP contribution in [0.2, 0.25) is 5.02 Å². The lowest BCUT2D eigenvalue weighted by atomic mass is 9.86. The van der Waals surface area contributed by atoms with Crippen LogP contribution in [0.4, 0.5) is 0 Å². The Hall–Kier alpha value is -1.06. The molecule has 1 saturated heterocycles. The van der Waals surface area contributed by atoms with Gasteiger partial charge in [0, 0.05) is 11.1 Å². The van der Waals surface area contributed by atoms with Crippen molar-refractivity contribution in [1.29, 1.82) is 0 Å². The van der Waals surface area contributed by atoms with E-state index >= 15 is 0 Å². The van der Waals surface area contributed by atoms with Crippen LogP contribution >= 0.6 is 11.6 Å². The highest BCUT2D eigenvalue weighted by molar-refractivity contribution is 6.30. The SMILES string of the molecule is CC(N1C(=O)CNC1c1cccc(Cl)c1)C(C)(C)C. The summed E-state index contributed by atoms with van der Waals surface area (Å²) in [7, 11) is 0. The third kappa shape index (κ3) is 2.93. The van der Waals surface area contributed by atoms with E-state index in [2.05, 4.69) is 33.0 Å². The number of hydrogen-bond acceptors (Lipinski definition) is 2. The summed E-state index contributed by atoms with van der Waals surface area (Å²) in [6, 6.07) is 7.84. The summed E-state index contributed by atoms with van der Waals surface area (Å²) in [4.78, 5) is 14.1. The molecule has 0 saturated carbocycles. The molecule has 0 aliphatic carbocycles. The molecule has 1 aliphatic heterocycles. The van der Waals surface area contributed by atoms with E-state index < -0.39 is 0 Å². The standard InChI is InChI=1S/C15H21ClN2O/c1-10(15(2,3)4)18-13(19)9-17-14(18)11-6-5-7-12(16)8-11/h5-8,10,14,17H,9H2,1-4H3. The third-order valence-electron chi connectivity index (χ3n) is 3.85. The summed E-state index contributed by atoms with van der Waals surface area (Å²) in [5, 5.41) is 3.97. The van der Waals surface area contributed by atoms with E-state index in [1.54, 1.807) is 0 Å². The second-order valence-electron chi connectivity index (χ2n) is 6.18. The average molecular weight is 281 g/mol. The molecule has 2 atom stereocenters. The first-order chi connectivity index (χ1) is 8.80. The molecule has 2 rings (SSSR count). The number of carbonyl (C=O) groups excluding carboxylic acids is 1. The fourth-order valence-corrected chi connectivity index (χ4v) is 2.53. The van der Waals surface area contributed by atoms with E-state index in [-0.39, 0.29) is 23.5 Å². The van der Waals surface area contributed by atoms with Gasteiger partial charge in [-0.3, -0.25) is 10.1 Å². The van der Waals surface area contributed by atoms with Crippen LogP contribution in [0.15, 0.2) is 24.3 Å². The predicted molar refractivity (Wildman–Crippen MR) is 78.0 cm³/mol. The number of benzene rings is 1. The third-order valence-corrected chi connectivity index (χ3v) is 4.08. The molecule has 1 aromatic carbocycles. The van der Waals surface area contributed by atoms with Gasteiger partial charge in [0.15, 0.2) is 0 Å². The van der Waals surface area contributed by atoms with Crippen LogP contribution in [0.25, 0.3) is 0 Å². The van der Waals surface area contributed by atoms with Crippen LogP contribution in [0.5, 0.6) is 0 Å². The van der Waals surface area contributed by atoms with Gasteiger partial charge in [-0.15, -0.1) is 0 Å². The first kappa shape index (κ1) is 14.4. The highest BCUT2D eigenvalue weighted by atomic mass is 35.5. The Kier molecular flexibility index (Phi) is 3.88. The minimum atomic E-state index is -0.0829. The lowest BCUT2D eigenvalue weighted by molar-refractivity contribution is -0.132. The van der Waals surface area contributed by atoms with Gasteiger partial charge < -0.3 is 4.90 Å². The van der Waals surface area contributed by atoms with Crippen molar-refractivity contribution in [3.05, 3.63) is 34.9 Å². The van der Waals surface area contributed by atoms with Crippen LogP contribution in [0.3, 0.4) is 0 Å². The van der Waals surface area contributed by atoms with E-state index in [1.165, 1.54) is 0 Å². The Morgan fingerprint density at radius 2 is 2.11 bits per heavy atom. The number of nitrogens with one attached hydrogen (secondary N) is 1. The molecule has 2 unspecified atom stereocenters. The quantitative estimate of drug-likeness (QED) is 0.902. The van der Waals surface area contributed by atoms with E-state index in [0.29, 0.717) is 11.6 Å². The van der Waals surface area contributed by atoms with Gasteiger partial charge in [-0.25, -0.2) is 0 Å². The van der Waals surface area contributed by atoms with E-state index in [1.807, 2.05) is 29.2 Å². The van der Waals surface area contributed by atoms with Gasteiger partial charge in [-0.1, -0.05) is 44.5 Å². The highest BCUT2D eigenvalue weighted by Gasteiger charge is 2.39.